The first kappa shape index (κ1) is 17.2. The number of hydrogen-bond acceptors (Lipinski definition) is 3. The number of nitrogens with zero attached hydrogens (tertiary/aromatic N) is 1. The Morgan fingerprint density at radius 1 is 1.19 bits per heavy atom. The third-order valence-electron chi connectivity index (χ3n) is 4.68. The van der Waals surface area contributed by atoms with Crippen LogP contribution in [0.5, 0.6) is 11.5 Å². The molecule has 5 heteroatoms. The smallest absolute Gasteiger partial charge is 0.138 e. The first-order chi connectivity index (χ1) is 12.6. The quantitative estimate of drug-likeness (QED) is 0.612. The van der Waals surface area contributed by atoms with Crippen LogP contribution in [0.2, 0.25) is 0 Å². The molecule has 3 aromatic rings. The zero-order chi connectivity index (χ0) is 18.3. The molecule has 26 heavy (non-hydrogen) atoms. The maximum atomic E-state index is 14.2. The van der Waals surface area contributed by atoms with Crippen molar-refractivity contribution in [2.45, 2.75) is 43.3 Å². The van der Waals surface area contributed by atoms with Crippen LogP contribution in [-0.2, 0) is 17.2 Å². The van der Waals surface area contributed by atoms with Gasteiger partial charge in [-0.25, -0.2) is 4.39 Å². The van der Waals surface area contributed by atoms with Gasteiger partial charge in [0.15, 0.2) is 0 Å². The number of pyridine rings is 1. The molecule has 1 aliphatic rings. The molecule has 0 spiro atoms. The van der Waals surface area contributed by atoms with Crippen molar-refractivity contribution >= 4 is 21.7 Å². The fraction of sp³-hybridized carbons (Fsp3) is 0.286. The molecule has 1 aliphatic carbocycles. The van der Waals surface area contributed by atoms with Crippen molar-refractivity contribution in [2.24, 2.45) is 0 Å². The lowest BCUT2D eigenvalue weighted by Crippen LogP contribution is -1.98. The monoisotopic (exact) mass is 369 g/mol. The summed E-state index contributed by atoms with van der Waals surface area (Å²) in [5.41, 5.74) is 2.32. The maximum absolute atomic E-state index is 14.2. The molecule has 0 bridgehead atoms. The van der Waals surface area contributed by atoms with Crippen molar-refractivity contribution in [3.05, 3.63) is 59.5 Å². The van der Waals surface area contributed by atoms with Crippen molar-refractivity contribution < 1.29 is 13.3 Å². The van der Waals surface area contributed by atoms with E-state index in [2.05, 4.69) is 4.98 Å². The van der Waals surface area contributed by atoms with Crippen LogP contribution in [0.1, 0.15) is 30.9 Å². The van der Waals surface area contributed by atoms with Crippen molar-refractivity contribution in [3.8, 4) is 11.5 Å². The van der Waals surface area contributed by atoms with E-state index in [1.807, 2.05) is 38.1 Å². The predicted octanol–water partition coefficient (Wildman–Crippen LogP) is 5.31. The maximum Gasteiger partial charge on any atom is 0.138 e. The fourth-order valence-electron chi connectivity index (χ4n) is 3.01. The third-order valence-corrected chi connectivity index (χ3v) is 6.47. The zero-order valence-corrected chi connectivity index (χ0v) is 15.6. The summed E-state index contributed by atoms with van der Waals surface area (Å²) in [5.74, 6) is 0.819. The number of ether oxygens (including phenoxy) is 1. The molecule has 1 saturated carbocycles. The van der Waals surface area contributed by atoms with Crippen molar-refractivity contribution in [2.75, 3.05) is 0 Å². The Hall–Kier alpha value is -2.27. The number of aromatic nitrogens is 1. The minimum atomic E-state index is -0.991. The van der Waals surface area contributed by atoms with Gasteiger partial charge in [-0.3, -0.25) is 9.19 Å². The summed E-state index contributed by atoms with van der Waals surface area (Å²) in [6, 6.07) is 10.6. The van der Waals surface area contributed by atoms with Gasteiger partial charge >= 0.3 is 0 Å². The van der Waals surface area contributed by atoms with Crippen molar-refractivity contribution in [1.82, 2.24) is 4.98 Å². The molecule has 4 rings (SSSR count). The average Bonchev–Trinajstić information content (AvgIpc) is 3.49. The van der Waals surface area contributed by atoms with Crippen LogP contribution >= 0.6 is 0 Å². The second-order valence-corrected chi connectivity index (χ2v) is 8.38. The van der Waals surface area contributed by atoms with Crippen LogP contribution in [-0.4, -0.2) is 14.4 Å². The molecule has 1 unspecified atom stereocenters. The number of benzene rings is 2. The fourth-order valence-corrected chi connectivity index (χ4v) is 4.40. The van der Waals surface area contributed by atoms with Gasteiger partial charge in [-0.2, -0.15) is 0 Å². The van der Waals surface area contributed by atoms with Gasteiger partial charge in [-0.05, 0) is 67.6 Å². The van der Waals surface area contributed by atoms with E-state index in [0.717, 1.165) is 34.2 Å². The third kappa shape index (κ3) is 3.23. The second-order valence-electron chi connectivity index (χ2n) is 6.65. The first-order valence-corrected chi connectivity index (χ1v) is 10.0. The van der Waals surface area contributed by atoms with Gasteiger partial charge in [0.1, 0.15) is 17.3 Å². The molecule has 1 heterocycles. The summed E-state index contributed by atoms with van der Waals surface area (Å²) >= 11 is 0. The highest BCUT2D eigenvalue weighted by Gasteiger charge is 2.29. The van der Waals surface area contributed by atoms with E-state index >= 15 is 0 Å². The molecule has 2 aromatic carbocycles. The van der Waals surface area contributed by atoms with Gasteiger partial charge in [0.2, 0.25) is 0 Å². The van der Waals surface area contributed by atoms with Crippen LogP contribution < -0.4 is 4.74 Å². The van der Waals surface area contributed by atoms with Gasteiger partial charge in [0.05, 0.1) is 16.3 Å². The van der Waals surface area contributed by atoms with Gasteiger partial charge in [-0.1, -0.05) is 6.92 Å². The Bertz CT molecular complexity index is 1010. The second kappa shape index (κ2) is 6.80. The van der Waals surface area contributed by atoms with Gasteiger partial charge in [0.25, 0.3) is 0 Å². The highest BCUT2D eigenvalue weighted by atomic mass is 32.2. The molecule has 0 N–H and O–H groups in total. The molecule has 1 atom stereocenters. The minimum Gasteiger partial charge on any atom is -0.456 e. The summed E-state index contributed by atoms with van der Waals surface area (Å²) in [6.07, 6.45) is 4.34. The summed E-state index contributed by atoms with van der Waals surface area (Å²) in [7, 11) is -0.991. The Morgan fingerprint density at radius 3 is 2.73 bits per heavy atom. The van der Waals surface area contributed by atoms with Crippen LogP contribution in [0.15, 0.2) is 47.5 Å². The number of rotatable bonds is 5. The van der Waals surface area contributed by atoms with Crippen LogP contribution in [0.25, 0.3) is 10.9 Å². The first-order valence-electron chi connectivity index (χ1n) is 8.83. The summed E-state index contributed by atoms with van der Waals surface area (Å²) in [6.45, 7) is 3.83. The number of halogens is 1. The molecule has 0 saturated heterocycles. The van der Waals surface area contributed by atoms with Crippen LogP contribution in [0.3, 0.4) is 0 Å². The summed E-state index contributed by atoms with van der Waals surface area (Å²) < 4.78 is 32.7. The SMILES string of the molecule is CCc1cc(C)c(Oc2ccnc3ccc(S(=O)C4CC4)cc23)cc1F. The van der Waals surface area contributed by atoms with E-state index in [1.54, 1.807) is 12.3 Å². The van der Waals surface area contributed by atoms with E-state index in [9.17, 15) is 8.60 Å². The molecule has 1 aromatic heterocycles. The van der Waals surface area contributed by atoms with E-state index in [4.69, 9.17) is 4.74 Å². The molecule has 0 aliphatic heterocycles. The lowest BCUT2D eigenvalue weighted by molar-refractivity contribution is 0.476. The molecule has 3 nitrogen and oxygen atoms in total. The minimum absolute atomic E-state index is 0.262. The summed E-state index contributed by atoms with van der Waals surface area (Å²) in [4.78, 5) is 5.15. The lowest BCUT2D eigenvalue weighted by Gasteiger charge is -2.13. The Labute approximate surface area is 154 Å². The largest absolute Gasteiger partial charge is 0.456 e. The molecular formula is C21H20FNO2S. The number of aryl methyl sites for hydroxylation is 2. The molecule has 134 valence electrons. The van der Waals surface area contributed by atoms with E-state index < -0.39 is 10.8 Å². The van der Waals surface area contributed by atoms with E-state index in [0.29, 0.717) is 23.5 Å². The van der Waals surface area contributed by atoms with E-state index in [1.165, 1.54) is 6.07 Å². The lowest BCUT2D eigenvalue weighted by atomic mass is 10.1. The molecule has 1 fully saturated rings. The van der Waals surface area contributed by atoms with Gasteiger partial charge < -0.3 is 4.74 Å². The van der Waals surface area contributed by atoms with Gasteiger partial charge in [0, 0.05) is 27.8 Å². The molecule has 0 radical (unpaired) electrons. The Kier molecular flexibility index (Phi) is 4.49. The van der Waals surface area contributed by atoms with Crippen LogP contribution in [0.4, 0.5) is 4.39 Å². The number of hydrogen-bond donors (Lipinski definition) is 0. The van der Waals surface area contributed by atoms with Gasteiger partial charge in [-0.15, -0.1) is 0 Å². The highest BCUT2D eigenvalue weighted by molar-refractivity contribution is 7.86. The predicted molar refractivity (Wildman–Crippen MR) is 102 cm³/mol. The molecular weight excluding hydrogens is 349 g/mol. The highest BCUT2D eigenvalue weighted by Crippen LogP contribution is 2.35. The topological polar surface area (TPSA) is 39.2 Å². The Balaban J connectivity index is 1.75. The van der Waals surface area contributed by atoms with Crippen molar-refractivity contribution in [1.29, 1.82) is 0 Å². The standard InChI is InChI=1S/C21H20FNO2S/c1-3-14-10-13(2)21(12-18(14)22)25-20-8-9-23-19-7-6-16(11-17(19)20)26(24)15-4-5-15/h6-12,15H,3-5H2,1-2H3. The Morgan fingerprint density at radius 2 is 2.00 bits per heavy atom. The summed E-state index contributed by atoms with van der Waals surface area (Å²) in [5, 5.41) is 1.06. The average molecular weight is 369 g/mol. The van der Waals surface area contributed by atoms with Crippen LogP contribution in [0, 0.1) is 12.7 Å². The normalized spacial score (nSPS) is 15.2. The van der Waals surface area contributed by atoms with Crippen molar-refractivity contribution in [3.63, 3.8) is 0 Å². The van der Waals surface area contributed by atoms with E-state index in [-0.39, 0.29) is 11.1 Å². The molecule has 0 amide bonds. The zero-order valence-electron chi connectivity index (χ0n) is 14.8. The number of fused-ring (bicyclic) bond motifs is 1.